The minimum Gasteiger partial charge on any atom is -0.379 e. The Balaban J connectivity index is 2.21. The van der Waals surface area contributed by atoms with E-state index in [1.54, 1.807) is 18.3 Å². The maximum atomic E-state index is 11.8. The molecule has 1 aromatic heterocycles. The second kappa shape index (κ2) is 2.97. The largest absolute Gasteiger partial charge is 0.379 e. The van der Waals surface area contributed by atoms with Gasteiger partial charge in [-0.15, -0.1) is 0 Å². The Morgan fingerprint density at radius 3 is 2.85 bits per heavy atom. The summed E-state index contributed by atoms with van der Waals surface area (Å²) in [5, 5.41) is 0. The van der Waals surface area contributed by atoms with Crippen LogP contribution >= 0.6 is 0 Å². The van der Waals surface area contributed by atoms with Gasteiger partial charge >= 0.3 is 0 Å². The van der Waals surface area contributed by atoms with E-state index in [1.807, 2.05) is 0 Å². The molecule has 2 rings (SSSR count). The second-order valence-electron chi connectivity index (χ2n) is 3.39. The van der Waals surface area contributed by atoms with Crippen molar-refractivity contribution in [1.29, 1.82) is 0 Å². The van der Waals surface area contributed by atoms with E-state index in [1.165, 1.54) is 0 Å². The smallest absolute Gasteiger partial charge is 0.191 e. The van der Waals surface area contributed by atoms with E-state index in [2.05, 4.69) is 4.98 Å². The average Bonchev–Trinajstić information content (AvgIpc) is 2.54. The lowest BCUT2D eigenvalue weighted by Crippen LogP contribution is -2.54. The van der Waals surface area contributed by atoms with Crippen molar-refractivity contribution in [2.24, 2.45) is 11.1 Å². The van der Waals surface area contributed by atoms with Crippen molar-refractivity contribution in [2.45, 2.75) is 0 Å². The summed E-state index contributed by atoms with van der Waals surface area (Å²) in [4.78, 5) is 14.7. The fourth-order valence-corrected chi connectivity index (χ4v) is 1.45. The maximum Gasteiger partial charge on any atom is 0.191 e. The van der Waals surface area contributed by atoms with E-state index >= 15 is 0 Å². The zero-order valence-corrected chi connectivity index (χ0v) is 7.25. The van der Waals surface area contributed by atoms with Gasteiger partial charge < -0.3 is 15.5 Å². The van der Waals surface area contributed by atoms with Gasteiger partial charge in [0.05, 0.1) is 24.3 Å². The number of ketones is 1. The number of nitrogens with two attached hydrogens (primary N) is 1. The van der Waals surface area contributed by atoms with Crippen LogP contribution in [0.15, 0.2) is 18.3 Å². The lowest BCUT2D eigenvalue weighted by molar-refractivity contribution is -0.0818. The molecule has 0 aromatic carbocycles. The van der Waals surface area contributed by atoms with E-state index < -0.39 is 5.41 Å². The van der Waals surface area contributed by atoms with Gasteiger partial charge in [0, 0.05) is 12.7 Å². The van der Waals surface area contributed by atoms with Crippen molar-refractivity contribution < 1.29 is 9.53 Å². The predicted molar refractivity (Wildman–Crippen MR) is 47.4 cm³/mol. The Morgan fingerprint density at radius 1 is 1.69 bits per heavy atom. The molecule has 0 amide bonds. The molecule has 70 valence electrons. The number of aromatic amines is 1. The van der Waals surface area contributed by atoms with Crippen LogP contribution in [0.2, 0.25) is 0 Å². The van der Waals surface area contributed by atoms with Crippen LogP contribution in [-0.2, 0) is 4.74 Å². The minimum absolute atomic E-state index is 0.0613. The molecule has 2 heterocycles. The predicted octanol–water partition coefficient (Wildman–Crippen LogP) is 0.173. The summed E-state index contributed by atoms with van der Waals surface area (Å²) in [7, 11) is 0. The fraction of sp³-hybridized carbons (Fsp3) is 0.444. The Kier molecular flexibility index (Phi) is 1.94. The van der Waals surface area contributed by atoms with Gasteiger partial charge in [-0.05, 0) is 12.1 Å². The van der Waals surface area contributed by atoms with E-state index in [0.29, 0.717) is 25.5 Å². The summed E-state index contributed by atoms with van der Waals surface area (Å²) in [5.74, 6) is 0.0613. The molecule has 0 aliphatic carbocycles. The number of carbonyl (C=O) groups is 1. The summed E-state index contributed by atoms with van der Waals surface area (Å²) < 4.78 is 5.03. The zero-order chi connectivity index (χ0) is 9.31. The number of aromatic nitrogens is 1. The first-order chi connectivity index (χ1) is 6.28. The number of rotatable bonds is 3. The summed E-state index contributed by atoms with van der Waals surface area (Å²) in [5.41, 5.74) is 5.71. The van der Waals surface area contributed by atoms with Crippen molar-refractivity contribution >= 4 is 5.78 Å². The molecule has 0 unspecified atom stereocenters. The Bertz CT molecular complexity index is 296. The van der Waals surface area contributed by atoms with E-state index in [-0.39, 0.29) is 5.78 Å². The third-order valence-electron chi connectivity index (χ3n) is 2.47. The highest BCUT2D eigenvalue weighted by atomic mass is 16.5. The topological polar surface area (TPSA) is 68.1 Å². The summed E-state index contributed by atoms with van der Waals surface area (Å²) in [6, 6.07) is 3.56. The van der Waals surface area contributed by atoms with Crippen molar-refractivity contribution in [3.63, 3.8) is 0 Å². The molecule has 0 radical (unpaired) electrons. The molecular weight excluding hydrogens is 168 g/mol. The first-order valence-electron chi connectivity index (χ1n) is 4.24. The quantitative estimate of drug-likeness (QED) is 0.652. The number of hydrogen-bond donors (Lipinski definition) is 2. The number of nitrogens with one attached hydrogen (secondary N) is 1. The Hall–Kier alpha value is -1.13. The van der Waals surface area contributed by atoms with Crippen molar-refractivity contribution in [2.75, 3.05) is 19.8 Å². The highest BCUT2D eigenvalue weighted by molar-refractivity contribution is 5.99. The number of H-pyrrole nitrogens is 1. The van der Waals surface area contributed by atoms with Gasteiger partial charge in [0.25, 0.3) is 0 Å². The maximum absolute atomic E-state index is 11.8. The van der Waals surface area contributed by atoms with Gasteiger partial charge in [0.1, 0.15) is 0 Å². The van der Waals surface area contributed by atoms with Crippen LogP contribution in [0.1, 0.15) is 10.5 Å². The first kappa shape index (κ1) is 8.47. The lowest BCUT2D eigenvalue weighted by Gasteiger charge is -2.38. The van der Waals surface area contributed by atoms with Gasteiger partial charge in [-0.1, -0.05) is 0 Å². The molecule has 1 aliphatic heterocycles. The molecular formula is C9H12N2O2. The Labute approximate surface area is 76.1 Å². The minimum atomic E-state index is -0.467. The van der Waals surface area contributed by atoms with Crippen molar-refractivity contribution in [3.05, 3.63) is 24.0 Å². The molecule has 1 saturated heterocycles. The molecule has 4 heteroatoms. The van der Waals surface area contributed by atoms with Crippen LogP contribution in [0.4, 0.5) is 0 Å². The summed E-state index contributed by atoms with van der Waals surface area (Å²) >= 11 is 0. The summed E-state index contributed by atoms with van der Waals surface area (Å²) in [6.07, 6.45) is 1.73. The molecule has 0 spiro atoms. The summed E-state index contributed by atoms with van der Waals surface area (Å²) in [6.45, 7) is 1.24. The van der Waals surface area contributed by atoms with Crippen molar-refractivity contribution in [3.8, 4) is 0 Å². The van der Waals surface area contributed by atoms with Crippen LogP contribution in [0.5, 0.6) is 0 Å². The lowest BCUT2D eigenvalue weighted by atomic mass is 9.80. The van der Waals surface area contributed by atoms with Crippen molar-refractivity contribution in [1.82, 2.24) is 4.98 Å². The van der Waals surface area contributed by atoms with E-state index in [4.69, 9.17) is 10.5 Å². The molecule has 3 N–H and O–H groups in total. The molecule has 0 bridgehead atoms. The second-order valence-corrected chi connectivity index (χ2v) is 3.39. The first-order valence-corrected chi connectivity index (χ1v) is 4.24. The SMILES string of the molecule is NCC1(C(=O)c2ccc[nH]2)COC1. The number of ether oxygens (including phenoxy) is 1. The van der Waals surface area contributed by atoms with Gasteiger partial charge in [-0.2, -0.15) is 0 Å². The fourth-order valence-electron chi connectivity index (χ4n) is 1.45. The van der Waals surface area contributed by atoms with Crippen LogP contribution in [0.3, 0.4) is 0 Å². The molecule has 1 fully saturated rings. The highest BCUT2D eigenvalue weighted by Gasteiger charge is 2.45. The normalized spacial score (nSPS) is 19.5. The monoisotopic (exact) mass is 180 g/mol. The highest BCUT2D eigenvalue weighted by Crippen LogP contribution is 2.29. The molecule has 0 saturated carbocycles. The average molecular weight is 180 g/mol. The number of carbonyl (C=O) groups excluding carboxylic acids is 1. The van der Waals surface area contributed by atoms with E-state index in [9.17, 15) is 4.79 Å². The van der Waals surface area contributed by atoms with Crippen LogP contribution in [0.25, 0.3) is 0 Å². The molecule has 1 aromatic rings. The molecule has 1 aliphatic rings. The molecule has 0 atom stereocenters. The third-order valence-corrected chi connectivity index (χ3v) is 2.47. The van der Waals surface area contributed by atoms with Gasteiger partial charge in [-0.25, -0.2) is 0 Å². The van der Waals surface area contributed by atoms with Crippen LogP contribution < -0.4 is 5.73 Å². The Morgan fingerprint density at radius 2 is 2.46 bits per heavy atom. The third kappa shape index (κ3) is 1.18. The van der Waals surface area contributed by atoms with Crippen LogP contribution in [0, 0.1) is 5.41 Å². The number of Topliss-reactive ketones (excluding diaryl/α,β-unsaturated/α-hetero) is 1. The standard InChI is InChI=1S/C9H12N2O2/c10-4-9(5-13-6-9)8(12)7-2-1-3-11-7/h1-3,11H,4-6,10H2. The van der Waals surface area contributed by atoms with Gasteiger partial charge in [0.2, 0.25) is 0 Å². The molecule has 13 heavy (non-hydrogen) atoms. The van der Waals surface area contributed by atoms with Gasteiger partial charge in [0.15, 0.2) is 5.78 Å². The van der Waals surface area contributed by atoms with Crippen LogP contribution in [-0.4, -0.2) is 30.5 Å². The van der Waals surface area contributed by atoms with E-state index in [0.717, 1.165) is 0 Å². The number of hydrogen-bond acceptors (Lipinski definition) is 3. The molecule has 4 nitrogen and oxygen atoms in total. The van der Waals surface area contributed by atoms with Gasteiger partial charge in [-0.3, -0.25) is 4.79 Å². The zero-order valence-electron chi connectivity index (χ0n) is 7.25.